The lowest BCUT2D eigenvalue weighted by Gasteiger charge is -2.07. The molecule has 78 valence electrons. The molecule has 0 fully saturated rings. The minimum absolute atomic E-state index is 0. The molecule has 0 atom stereocenters. The normalized spacial score (nSPS) is 8.71. The highest BCUT2D eigenvalue weighted by Crippen LogP contribution is 2.15. The number of hydrogen-bond acceptors (Lipinski definition) is 3. The first-order valence-electron chi connectivity index (χ1n) is 4.20. The number of hydrogen-bond donors (Lipinski definition) is 1. The molecule has 0 amide bonds. The summed E-state index contributed by atoms with van der Waals surface area (Å²) in [6.45, 7) is 2.77. The van der Waals surface area contributed by atoms with Crippen molar-refractivity contribution in [1.29, 1.82) is 0 Å². The number of carbonyl (C=O) groups excluding carboxylic acids is 1. The molecule has 1 aromatic carbocycles. The lowest BCUT2D eigenvalue weighted by molar-refractivity contribution is 0.0602. The Morgan fingerprint density at radius 3 is 2.64 bits per heavy atom. The van der Waals surface area contributed by atoms with E-state index in [2.05, 4.69) is 10.1 Å². The second kappa shape index (κ2) is 6.27. The van der Waals surface area contributed by atoms with Gasteiger partial charge in [0.1, 0.15) is 0 Å². The van der Waals surface area contributed by atoms with Crippen LogP contribution >= 0.6 is 12.4 Å². The predicted molar refractivity (Wildman–Crippen MR) is 59.2 cm³/mol. The molecule has 0 aromatic heterocycles. The fourth-order valence-electron chi connectivity index (χ4n) is 1.12. The summed E-state index contributed by atoms with van der Waals surface area (Å²) in [5, 5.41) is 3.09. The van der Waals surface area contributed by atoms with Crippen LogP contribution in [-0.4, -0.2) is 19.6 Å². The van der Waals surface area contributed by atoms with Gasteiger partial charge in [-0.25, -0.2) is 4.79 Å². The van der Waals surface area contributed by atoms with Gasteiger partial charge in [-0.3, -0.25) is 0 Å². The van der Waals surface area contributed by atoms with Crippen LogP contribution in [0, 0.1) is 0 Å². The van der Waals surface area contributed by atoms with Crippen LogP contribution in [0.3, 0.4) is 0 Å². The fourth-order valence-corrected chi connectivity index (χ4v) is 1.12. The smallest absolute Gasteiger partial charge is 0.339 e. The van der Waals surface area contributed by atoms with E-state index < -0.39 is 0 Å². The fraction of sp³-hybridized carbons (Fsp3) is 0.300. The number of rotatable bonds is 3. The first-order valence-corrected chi connectivity index (χ1v) is 4.20. The van der Waals surface area contributed by atoms with E-state index in [-0.39, 0.29) is 18.4 Å². The predicted octanol–water partition coefficient (Wildman–Crippen LogP) is 2.33. The van der Waals surface area contributed by atoms with Crippen molar-refractivity contribution in [1.82, 2.24) is 0 Å². The maximum atomic E-state index is 11.2. The summed E-state index contributed by atoms with van der Waals surface area (Å²) >= 11 is 0. The molecular weight excluding hydrogens is 202 g/mol. The van der Waals surface area contributed by atoms with Crippen LogP contribution in [-0.2, 0) is 4.74 Å². The second-order valence-electron chi connectivity index (χ2n) is 2.57. The maximum Gasteiger partial charge on any atom is 0.339 e. The maximum absolute atomic E-state index is 11.2. The molecule has 0 spiro atoms. The largest absolute Gasteiger partial charge is 0.465 e. The quantitative estimate of drug-likeness (QED) is 0.787. The molecule has 0 bridgehead atoms. The Bertz CT molecular complexity index is 302. The average molecular weight is 216 g/mol. The summed E-state index contributed by atoms with van der Waals surface area (Å²) in [6, 6.07) is 7.29. The highest BCUT2D eigenvalue weighted by molar-refractivity contribution is 5.95. The molecule has 1 rings (SSSR count). The molecular formula is C10H14ClNO2. The zero-order valence-electron chi connectivity index (χ0n) is 8.24. The number of anilines is 1. The van der Waals surface area contributed by atoms with Gasteiger partial charge in [0, 0.05) is 12.2 Å². The van der Waals surface area contributed by atoms with Crippen LogP contribution in [0.1, 0.15) is 17.3 Å². The summed E-state index contributed by atoms with van der Waals surface area (Å²) in [6.07, 6.45) is 0. The molecule has 4 heteroatoms. The second-order valence-corrected chi connectivity index (χ2v) is 2.57. The minimum atomic E-state index is -0.309. The van der Waals surface area contributed by atoms with Crippen LogP contribution in [0.25, 0.3) is 0 Å². The van der Waals surface area contributed by atoms with Crippen molar-refractivity contribution in [3.63, 3.8) is 0 Å². The molecule has 0 aliphatic heterocycles. The molecule has 14 heavy (non-hydrogen) atoms. The Morgan fingerprint density at radius 1 is 1.43 bits per heavy atom. The molecule has 0 saturated carbocycles. The standard InChI is InChI=1S/C10H13NO2.ClH/c1-3-11-9-7-5-4-6-8(9)10(12)13-2;/h4-7,11H,3H2,1-2H3;1H. The Labute approximate surface area is 89.9 Å². The van der Waals surface area contributed by atoms with E-state index in [1.165, 1.54) is 7.11 Å². The number of benzene rings is 1. The highest BCUT2D eigenvalue weighted by Gasteiger charge is 2.09. The van der Waals surface area contributed by atoms with Crippen molar-refractivity contribution in [2.75, 3.05) is 19.0 Å². The first-order chi connectivity index (χ1) is 6.29. The number of methoxy groups -OCH3 is 1. The third-order valence-corrected chi connectivity index (χ3v) is 1.70. The van der Waals surface area contributed by atoms with Gasteiger partial charge in [-0.05, 0) is 19.1 Å². The van der Waals surface area contributed by atoms with Crippen LogP contribution in [0.15, 0.2) is 24.3 Å². The number of carbonyl (C=O) groups is 1. The van der Waals surface area contributed by atoms with Gasteiger partial charge < -0.3 is 10.1 Å². The van der Waals surface area contributed by atoms with E-state index in [0.29, 0.717) is 5.56 Å². The van der Waals surface area contributed by atoms with Crippen molar-refractivity contribution in [2.24, 2.45) is 0 Å². The first kappa shape index (κ1) is 12.8. The van der Waals surface area contributed by atoms with Crippen LogP contribution in [0.2, 0.25) is 0 Å². The van der Waals surface area contributed by atoms with Gasteiger partial charge >= 0.3 is 5.97 Å². The number of ether oxygens (including phenoxy) is 1. The third-order valence-electron chi connectivity index (χ3n) is 1.70. The van der Waals surface area contributed by atoms with Crippen molar-refractivity contribution in [2.45, 2.75) is 6.92 Å². The lowest BCUT2D eigenvalue weighted by atomic mass is 10.2. The molecule has 0 unspecified atom stereocenters. The number of para-hydroxylation sites is 1. The van der Waals surface area contributed by atoms with E-state index in [9.17, 15) is 4.79 Å². The summed E-state index contributed by atoms with van der Waals surface area (Å²) in [7, 11) is 1.38. The summed E-state index contributed by atoms with van der Waals surface area (Å²) in [4.78, 5) is 11.2. The lowest BCUT2D eigenvalue weighted by Crippen LogP contribution is -2.07. The van der Waals surface area contributed by atoms with Crippen LogP contribution in [0.5, 0.6) is 0 Å². The number of halogens is 1. The van der Waals surface area contributed by atoms with Gasteiger partial charge in [0.05, 0.1) is 12.7 Å². The Morgan fingerprint density at radius 2 is 2.07 bits per heavy atom. The van der Waals surface area contributed by atoms with E-state index in [1.54, 1.807) is 6.07 Å². The Kier molecular flexibility index (Phi) is 5.72. The molecule has 0 saturated heterocycles. The van der Waals surface area contributed by atoms with E-state index in [4.69, 9.17) is 0 Å². The summed E-state index contributed by atoms with van der Waals surface area (Å²) < 4.78 is 4.64. The monoisotopic (exact) mass is 215 g/mol. The van der Waals surface area contributed by atoms with Gasteiger partial charge in [0.25, 0.3) is 0 Å². The van der Waals surface area contributed by atoms with Crippen LogP contribution in [0.4, 0.5) is 5.69 Å². The zero-order valence-corrected chi connectivity index (χ0v) is 9.06. The zero-order chi connectivity index (χ0) is 9.68. The van der Waals surface area contributed by atoms with Gasteiger partial charge in [0.2, 0.25) is 0 Å². The van der Waals surface area contributed by atoms with Gasteiger partial charge in [-0.15, -0.1) is 12.4 Å². The average Bonchev–Trinajstić information content (AvgIpc) is 2.18. The number of esters is 1. The highest BCUT2D eigenvalue weighted by atomic mass is 35.5. The summed E-state index contributed by atoms with van der Waals surface area (Å²) in [5.41, 5.74) is 1.39. The Balaban J connectivity index is 0.00000169. The number of nitrogens with one attached hydrogen (secondary N) is 1. The van der Waals surface area contributed by atoms with Crippen molar-refractivity contribution in [3.05, 3.63) is 29.8 Å². The molecule has 1 aromatic rings. The molecule has 0 aliphatic rings. The van der Waals surface area contributed by atoms with Gasteiger partial charge in [-0.1, -0.05) is 12.1 Å². The minimum Gasteiger partial charge on any atom is -0.465 e. The van der Waals surface area contributed by atoms with Crippen molar-refractivity contribution in [3.8, 4) is 0 Å². The molecule has 0 aliphatic carbocycles. The van der Waals surface area contributed by atoms with Gasteiger partial charge in [-0.2, -0.15) is 0 Å². The third kappa shape index (κ3) is 2.92. The van der Waals surface area contributed by atoms with Crippen molar-refractivity contribution >= 4 is 24.1 Å². The van der Waals surface area contributed by atoms with Crippen molar-refractivity contribution < 1.29 is 9.53 Å². The van der Waals surface area contributed by atoms with Gasteiger partial charge in [0.15, 0.2) is 0 Å². The topological polar surface area (TPSA) is 38.3 Å². The molecule has 3 nitrogen and oxygen atoms in total. The molecule has 0 radical (unpaired) electrons. The molecule has 1 N–H and O–H groups in total. The van der Waals surface area contributed by atoms with E-state index >= 15 is 0 Å². The Hall–Kier alpha value is -1.22. The van der Waals surface area contributed by atoms with E-state index in [1.807, 2.05) is 25.1 Å². The summed E-state index contributed by atoms with van der Waals surface area (Å²) in [5.74, 6) is -0.309. The van der Waals surface area contributed by atoms with Crippen LogP contribution < -0.4 is 5.32 Å². The van der Waals surface area contributed by atoms with E-state index in [0.717, 1.165) is 12.2 Å². The SMILES string of the molecule is CCNc1ccccc1C(=O)OC.Cl. The molecule has 0 heterocycles.